The number of rotatable bonds is 4. The first-order valence-corrected chi connectivity index (χ1v) is 9.47. The van der Waals surface area contributed by atoms with E-state index in [9.17, 15) is 9.59 Å². The highest BCUT2D eigenvalue weighted by Gasteiger charge is 2.28. The van der Waals surface area contributed by atoms with Gasteiger partial charge in [0.2, 0.25) is 5.91 Å². The summed E-state index contributed by atoms with van der Waals surface area (Å²) < 4.78 is 1.91. The van der Waals surface area contributed by atoms with Gasteiger partial charge >= 0.3 is 0 Å². The SMILES string of the molecule is CC(=O)N1CCCC[C@H]1c1ccc(C(=O)NCc2csc(C)n2)n1C. The summed E-state index contributed by atoms with van der Waals surface area (Å²) in [5, 5.41) is 5.87. The Morgan fingerprint density at radius 3 is 2.84 bits per heavy atom. The summed E-state index contributed by atoms with van der Waals surface area (Å²) in [4.78, 5) is 30.7. The highest BCUT2D eigenvalue weighted by molar-refractivity contribution is 7.09. The number of nitrogens with one attached hydrogen (secondary N) is 1. The molecule has 1 aliphatic heterocycles. The molecule has 2 aromatic rings. The molecule has 2 aromatic heterocycles. The van der Waals surface area contributed by atoms with E-state index in [4.69, 9.17) is 0 Å². The van der Waals surface area contributed by atoms with Gasteiger partial charge in [-0.25, -0.2) is 4.98 Å². The number of nitrogens with zero attached hydrogens (tertiary/aromatic N) is 3. The van der Waals surface area contributed by atoms with E-state index in [0.29, 0.717) is 12.2 Å². The normalized spacial score (nSPS) is 17.6. The monoisotopic (exact) mass is 360 g/mol. The molecular weight excluding hydrogens is 336 g/mol. The Kier molecular flexibility index (Phi) is 5.22. The van der Waals surface area contributed by atoms with Gasteiger partial charge < -0.3 is 14.8 Å². The Morgan fingerprint density at radius 1 is 1.36 bits per heavy atom. The maximum Gasteiger partial charge on any atom is 0.268 e. The quantitative estimate of drug-likeness (QED) is 0.912. The Bertz CT molecular complexity index is 780. The number of hydrogen-bond donors (Lipinski definition) is 1. The van der Waals surface area contributed by atoms with Crippen molar-refractivity contribution in [2.75, 3.05) is 6.54 Å². The topological polar surface area (TPSA) is 67.2 Å². The van der Waals surface area contributed by atoms with Crippen molar-refractivity contribution in [1.82, 2.24) is 19.8 Å². The maximum atomic E-state index is 12.5. The van der Waals surface area contributed by atoms with Crippen molar-refractivity contribution in [3.63, 3.8) is 0 Å². The summed E-state index contributed by atoms with van der Waals surface area (Å²) in [6.45, 7) is 4.78. The molecule has 0 spiro atoms. The van der Waals surface area contributed by atoms with Crippen LogP contribution in [0.4, 0.5) is 0 Å². The van der Waals surface area contributed by atoms with Crippen LogP contribution in [0, 0.1) is 6.92 Å². The van der Waals surface area contributed by atoms with Crippen molar-refractivity contribution in [1.29, 1.82) is 0 Å². The van der Waals surface area contributed by atoms with E-state index in [-0.39, 0.29) is 17.9 Å². The molecule has 134 valence electrons. The van der Waals surface area contributed by atoms with Crippen molar-refractivity contribution in [3.8, 4) is 0 Å². The summed E-state index contributed by atoms with van der Waals surface area (Å²) in [6.07, 6.45) is 3.09. The summed E-state index contributed by atoms with van der Waals surface area (Å²) in [5.74, 6) is -0.0274. The molecule has 1 saturated heterocycles. The summed E-state index contributed by atoms with van der Waals surface area (Å²) >= 11 is 1.58. The molecule has 1 fully saturated rings. The van der Waals surface area contributed by atoms with Crippen LogP contribution in [0.5, 0.6) is 0 Å². The van der Waals surface area contributed by atoms with Gasteiger partial charge in [0.15, 0.2) is 0 Å². The first-order valence-electron chi connectivity index (χ1n) is 8.59. The van der Waals surface area contributed by atoms with Crippen LogP contribution >= 0.6 is 11.3 Å². The highest BCUT2D eigenvalue weighted by Crippen LogP contribution is 2.31. The summed E-state index contributed by atoms with van der Waals surface area (Å²) in [6, 6.07) is 3.86. The maximum absolute atomic E-state index is 12.5. The number of carbonyl (C=O) groups is 2. The second kappa shape index (κ2) is 7.39. The molecule has 25 heavy (non-hydrogen) atoms. The van der Waals surface area contributed by atoms with E-state index in [1.54, 1.807) is 18.3 Å². The number of piperidine rings is 1. The highest BCUT2D eigenvalue weighted by atomic mass is 32.1. The Morgan fingerprint density at radius 2 is 2.16 bits per heavy atom. The Labute approximate surface area is 151 Å². The van der Waals surface area contributed by atoms with Crippen LogP contribution in [0.25, 0.3) is 0 Å². The fourth-order valence-corrected chi connectivity index (χ4v) is 4.07. The van der Waals surface area contributed by atoms with Gasteiger partial charge in [0.25, 0.3) is 5.91 Å². The molecule has 0 aliphatic carbocycles. The van der Waals surface area contributed by atoms with E-state index < -0.39 is 0 Å². The number of carbonyl (C=O) groups excluding carboxylic acids is 2. The van der Waals surface area contributed by atoms with Crippen molar-refractivity contribution in [2.24, 2.45) is 7.05 Å². The number of hydrogen-bond acceptors (Lipinski definition) is 4. The van der Waals surface area contributed by atoms with Gasteiger partial charge in [0.05, 0.1) is 23.3 Å². The number of likely N-dealkylation sites (tertiary alicyclic amines) is 1. The van der Waals surface area contributed by atoms with Crippen molar-refractivity contribution >= 4 is 23.2 Å². The van der Waals surface area contributed by atoms with Crippen LogP contribution < -0.4 is 5.32 Å². The van der Waals surface area contributed by atoms with Gasteiger partial charge in [0, 0.05) is 31.6 Å². The van der Waals surface area contributed by atoms with Crippen LogP contribution in [0.15, 0.2) is 17.5 Å². The zero-order valence-electron chi connectivity index (χ0n) is 14.9. The predicted molar refractivity (Wildman–Crippen MR) is 97.4 cm³/mol. The number of aromatic nitrogens is 2. The average Bonchev–Trinajstić information content (AvgIpc) is 3.18. The molecular formula is C18H24N4O2S. The molecule has 1 N–H and O–H groups in total. The molecule has 0 radical (unpaired) electrons. The lowest BCUT2D eigenvalue weighted by atomic mass is 9.99. The third kappa shape index (κ3) is 3.76. The van der Waals surface area contributed by atoms with Crippen molar-refractivity contribution in [3.05, 3.63) is 39.6 Å². The molecule has 0 bridgehead atoms. The van der Waals surface area contributed by atoms with Crippen molar-refractivity contribution in [2.45, 2.75) is 45.7 Å². The molecule has 7 heteroatoms. The van der Waals surface area contributed by atoms with E-state index in [2.05, 4.69) is 10.3 Å². The first-order chi connectivity index (χ1) is 12.0. The standard InChI is InChI=1S/C18H24N4O2S/c1-12-20-14(11-25-12)10-19-18(24)17-8-7-15(21(17)3)16-6-4-5-9-22(16)13(2)23/h7-8,11,16H,4-6,9-10H2,1-3H3,(H,19,24)/t16-/m0/s1. The molecule has 0 saturated carbocycles. The fraction of sp³-hybridized carbons (Fsp3) is 0.500. The minimum absolute atomic E-state index is 0.0546. The van der Waals surface area contributed by atoms with Gasteiger partial charge in [0.1, 0.15) is 5.69 Å². The van der Waals surface area contributed by atoms with Crippen LogP contribution in [0.1, 0.15) is 59.1 Å². The number of amides is 2. The zero-order chi connectivity index (χ0) is 18.0. The minimum Gasteiger partial charge on any atom is -0.345 e. The molecule has 6 nitrogen and oxygen atoms in total. The van der Waals surface area contributed by atoms with E-state index in [1.165, 1.54) is 0 Å². The van der Waals surface area contributed by atoms with Gasteiger partial charge in [-0.3, -0.25) is 9.59 Å². The lowest BCUT2D eigenvalue weighted by Gasteiger charge is -2.35. The van der Waals surface area contributed by atoms with Crippen molar-refractivity contribution < 1.29 is 9.59 Å². The van der Waals surface area contributed by atoms with Gasteiger partial charge in [-0.2, -0.15) is 0 Å². The second-order valence-corrected chi connectivity index (χ2v) is 7.53. The molecule has 3 heterocycles. The number of aryl methyl sites for hydroxylation is 1. The van der Waals surface area contributed by atoms with E-state index in [1.807, 2.05) is 41.0 Å². The second-order valence-electron chi connectivity index (χ2n) is 6.47. The Hall–Kier alpha value is -2.15. The smallest absolute Gasteiger partial charge is 0.268 e. The first kappa shape index (κ1) is 17.7. The lowest BCUT2D eigenvalue weighted by molar-refractivity contribution is -0.132. The summed E-state index contributed by atoms with van der Waals surface area (Å²) in [7, 11) is 1.89. The molecule has 1 atom stereocenters. The summed E-state index contributed by atoms with van der Waals surface area (Å²) in [5.41, 5.74) is 2.50. The molecule has 0 aromatic carbocycles. The van der Waals surface area contributed by atoms with Crippen LogP contribution in [-0.2, 0) is 18.4 Å². The van der Waals surface area contributed by atoms with Gasteiger partial charge in [-0.15, -0.1) is 11.3 Å². The number of thiazole rings is 1. The predicted octanol–water partition coefficient (Wildman–Crippen LogP) is 2.79. The lowest BCUT2D eigenvalue weighted by Crippen LogP contribution is -2.38. The van der Waals surface area contributed by atoms with Crippen LogP contribution in [0.3, 0.4) is 0 Å². The average molecular weight is 360 g/mol. The largest absolute Gasteiger partial charge is 0.345 e. The third-order valence-corrected chi connectivity index (χ3v) is 5.56. The third-order valence-electron chi connectivity index (χ3n) is 4.74. The Balaban J connectivity index is 1.73. The van der Waals surface area contributed by atoms with Gasteiger partial charge in [-0.05, 0) is 38.3 Å². The van der Waals surface area contributed by atoms with Crippen LogP contribution in [0.2, 0.25) is 0 Å². The van der Waals surface area contributed by atoms with E-state index in [0.717, 1.165) is 42.2 Å². The molecule has 1 aliphatic rings. The van der Waals surface area contributed by atoms with E-state index >= 15 is 0 Å². The fourth-order valence-electron chi connectivity index (χ4n) is 3.46. The molecule has 0 unspecified atom stereocenters. The molecule has 3 rings (SSSR count). The zero-order valence-corrected chi connectivity index (χ0v) is 15.7. The van der Waals surface area contributed by atoms with Gasteiger partial charge in [-0.1, -0.05) is 0 Å². The van der Waals surface area contributed by atoms with Crippen LogP contribution in [-0.4, -0.2) is 32.8 Å². The minimum atomic E-state index is -0.121. The molecule has 2 amide bonds.